The van der Waals surface area contributed by atoms with Crippen LogP contribution in [0.15, 0.2) is 18.6 Å². The number of nitrogen functional groups attached to an aromatic ring is 1. The minimum atomic E-state index is -0.105. The van der Waals surface area contributed by atoms with E-state index in [1.807, 2.05) is 16.8 Å². The first-order valence-corrected chi connectivity index (χ1v) is 6.04. The van der Waals surface area contributed by atoms with Crippen molar-refractivity contribution in [3.63, 3.8) is 0 Å². The van der Waals surface area contributed by atoms with E-state index in [4.69, 9.17) is 10.5 Å². The Morgan fingerprint density at radius 1 is 1.56 bits per heavy atom. The highest BCUT2D eigenvalue weighted by Crippen LogP contribution is 2.35. The summed E-state index contributed by atoms with van der Waals surface area (Å²) in [6, 6.07) is 1.89. The molecular formula is C12H16N4O2. The van der Waals surface area contributed by atoms with E-state index < -0.39 is 0 Å². The summed E-state index contributed by atoms with van der Waals surface area (Å²) < 4.78 is 7.78. The Morgan fingerprint density at radius 2 is 2.39 bits per heavy atom. The van der Waals surface area contributed by atoms with E-state index in [2.05, 4.69) is 16.9 Å². The minimum absolute atomic E-state index is 0.0496. The van der Waals surface area contributed by atoms with Crippen molar-refractivity contribution >= 4 is 16.9 Å². The van der Waals surface area contributed by atoms with E-state index in [1.165, 1.54) is 6.33 Å². The van der Waals surface area contributed by atoms with Crippen LogP contribution in [0.3, 0.4) is 0 Å². The molecule has 0 saturated carbocycles. The minimum Gasteiger partial charge on any atom is -0.394 e. The molecule has 0 bridgehead atoms. The molecule has 0 spiro atoms. The average Bonchev–Trinajstić information content (AvgIpc) is 2.93. The van der Waals surface area contributed by atoms with Crippen molar-refractivity contribution in [3.8, 4) is 0 Å². The third-order valence-corrected chi connectivity index (χ3v) is 3.57. The van der Waals surface area contributed by atoms with Gasteiger partial charge in [0.25, 0.3) is 0 Å². The molecule has 3 atom stereocenters. The summed E-state index contributed by atoms with van der Waals surface area (Å²) in [7, 11) is 0. The van der Waals surface area contributed by atoms with Crippen LogP contribution in [0.4, 0.5) is 5.82 Å². The molecule has 3 N–H and O–H groups in total. The van der Waals surface area contributed by atoms with Crippen LogP contribution >= 0.6 is 0 Å². The molecule has 1 saturated heterocycles. The van der Waals surface area contributed by atoms with Gasteiger partial charge in [0.15, 0.2) is 0 Å². The molecule has 0 aliphatic carbocycles. The van der Waals surface area contributed by atoms with E-state index >= 15 is 0 Å². The summed E-state index contributed by atoms with van der Waals surface area (Å²) in [5.41, 5.74) is 6.58. The lowest BCUT2D eigenvalue weighted by Gasteiger charge is -2.14. The Morgan fingerprint density at radius 3 is 3.11 bits per heavy atom. The summed E-state index contributed by atoms with van der Waals surface area (Å²) in [6.45, 7) is 2.13. The quantitative estimate of drug-likeness (QED) is 0.825. The van der Waals surface area contributed by atoms with E-state index in [1.54, 1.807) is 0 Å². The maximum atomic E-state index is 9.23. The van der Waals surface area contributed by atoms with Gasteiger partial charge in [0.05, 0.1) is 18.1 Å². The highest BCUT2D eigenvalue weighted by molar-refractivity contribution is 5.86. The van der Waals surface area contributed by atoms with Gasteiger partial charge in [0.2, 0.25) is 0 Å². The summed E-state index contributed by atoms with van der Waals surface area (Å²) in [5.74, 6) is 0.806. The Hall–Kier alpha value is -1.66. The summed E-state index contributed by atoms with van der Waals surface area (Å²) in [4.78, 5) is 8.22. The fourth-order valence-corrected chi connectivity index (χ4v) is 2.49. The number of nitrogens with two attached hydrogens (primary N) is 1. The van der Waals surface area contributed by atoms with Crippen molar-refractivity contribution in [2.75, 3.05) is 12.3 Å². The topological polar surface area (TPSA) is 86.2 Å². The van der Waals surface area contributed by atoms with Crippen LogP contribution in [-0.2, 0) is 4.74 Å². The van der Waals surface area contributed by atoms with Crippen LogP contribution in [0.2, 0.25) is 0 Å². The predicted octanol–water partition coefficient (Wildman–Crippen LogP) is 0.929. The Balaban J connectivity index is 1.99. The number of hydrogen-bond acceptors (Lipinski definition) is 5. The van der Waals surface area contributed by atoms with Crippen molar-refractivity contribution < 1.29 is 9.84 Å². The van der Waals surface area contributed by atoms with Crippen LogP contribution in [0, 0.1) is 5.92 Å². The van der Waals surface area contributed by atoms with Crippen LogP contribution in [0.1, 0.15) is 19.6 Å². The first-order valence-electron chi connectivity index (χ1n) is 6.04. The van der Waals surface area contributed by atoms with Crippen molar-refractivity contribution in [2.24, 2.45) is 5.92 Å². The molecule has 0 aromatic carbocycles. The number of aliphatic hydroxyl groups excluding tert-OH is 1. The van der Waals surface area contributed by atoms with Gasteiger partial charge in [0.1, 0.15) is 24.0 Å². The zero-order valence-electron chi connectivity index (χ0n) is 10.2. The predicted molar refractivity (Wildman–Crippen MR) is 66.7 cm³/mol. The lowest BCUT2D eigenvalue weighted by molar-refractivity contribution is -0.0275. The van der Waals surface area contributed by atoms with E-state index in [0.29, 0.717) is 11.7 Å². The van der Waals surface area contributed by atoms with Crippen LogP contribution < -0.4 is 5.73 Å². The van der Waals surface area contributed by atoms with Gasteiger partial charge in [0, 0.05) is 6.20 Å². The largest absolute Gasteiger partial charge is 0.394 e. The van der Waals surface area contributed by atoms with Crippen molar-refractivity contribution in [1.29, 1.82) is 0 Å². The third kappa shape index (κ3) is 1.65. The number of rotatable bonds is 2. The van der Waals surface area contributed by atoms with Crippen LogP contribution in [-0.4, -0.2) is 32.4 Å². The summed E-state index contributed by atoms with van der Waals surface area (Å²) in [6.07, 6.45) is 4.03. The highest BCUT2D eigenvalue weighted by atomic mass is 16.5. The number of aliphatic hydroxyl groups is 1. The fraction of sp³-hybridized carbons (Fsp3) is 0.500. The van der Waals surface area contributed by atoms with Gasteiger partial charge in [-0.15, -0.1) is 0 Å². The number of nitrogens with zero attached hydrogens (tertiary/aromatic N) is 3. The number of fused-ring (bicyclic) bond motifs is 1. The summed E-state index contributed by atoms with van der Waals surface area (Å²) >= 11 is 0. The Bertz CT molecular complexity index is 568. The number of hydrogen-bond donors (Lipinski definition) is 2. The Labute approximate surface area is 104 Å². The standard InChI is InChI=1S/C12H16N4O2/c1-7-4-10(18-9(7)5-17)16-3-2-8-11(13)14-6-15-12(8)16/h2-3,6-7,9-10,17H,4-5H2,1H3,(H2,13,14,15)/t7-,9+,10+/m0/s1. The number of ether oxygens (including phenoxy) is 1. The summed E-state index contributed by atoms with van der Waals surface area (Å²) in [5, 5.41) is 10.1. The second-order valence-corrected chi connectivity index (χ2v) is 4.74. The molecular weight excluding hydrogens is 232 g/mol. The molecule has 2 aromatic heterocycles. The van der Waals surface area contributed by atoms with Gasteiger partial charge in [-0.05, 0) is 18.4 Å². The molecule has 1 fully saturated rings. The maximum absolute atomic E-state index is 9.23. The van der Waals surface area contributed by atoms with Gasteiger partial charge >= 0.3 is 0 Å². The second kappa shape index (κ2) is 4.22. The average molecular weight is 248 g/mol. The molecule has 1 aliphatic rings. The van der Waals surface area contributed by atoms with Crippen molar-refractivity contribution in [2.45, 2.75) is 25.7 Å². The molecule has 3 rings (SSSR count). The molecule has 2 aromatic rings. The van der Waals surface area contributed by atoms with Gasteiger partial charge in [-0.1, -0.05) is 6.92 Å². The molecule has 6 heteroatoms. The highest BCUT2D eigenvalue weighted by Gasteiger charge is 2.33. The molecule has 96 valence electrons. The van der Waals surface area contributed by atoms with Crippen molar-refractivity contribution in [3.05, 3.63) is 18.6 Å². The van der Waals surface area contributed by atoms with Crippen LogP contribution in [0.25, 0.3) is 11.0 Å². The monoisotopic (exact) mass is 248 g/mol. The molecule has 0 amide bonds. The molecule has 0 radical (unpaired) electrons. The molecule has 0 unspecified atom stereocenters. The maximum Gasteiger partial charge on any atom is 0.147 e. The van der Waals surface area contributed by atoms with Gasteiger partial charge in [-0.2, -0.15) is 0 Å². The number of aromatic nitrogens is 3. The number of anilines is 1. The SMILES string of the molecule is C[C@H]1C[C@H](n2ccc3c(N)ncnc32)O[C@@H]1CO. The molecule has 18 heavy (non-hydrogen) atoms. The Kier molecular flexibility index (Phi) is 2.68. The third-order valence-electron chi connectivity index (χ3n) is 3.57. The lowest BCUT2D eigenvalue weighted by Crippen LogP contribution is -2.18. The van der Waals surface area contributed by atoms with E-state index in [0.717, 1.165) is 17.5 Å². The zero-order chi connectivity index (χ0) is 12.7. The van der Waals surface area contributed by atoms with Gasteiger partial charge in [-0.3, -0.25) is 0 Å². The smallest absolute Gasteiger partial charge is 0.147 e. The lowest BCUT2D eigenvalue weighted by atomic mass is 10.0. The molecule has 3 heterocycles. The zero-order valence-corrected chi connectivity index (χ0v) is 10.2. The fourth-order valence-electron chi connectivity index (χ4n) is 2.49. The molecule has 6 nitrogen and oxygen atoms in total. The first kappa shape index (κ1) is 11.4. The van der Waals surface area contributed by atoms with Crippen LogP contribution in [0.5, 0.6) is 0 Å². The second-order valence-electron chi connectivity index (χ2n) is 4.74. The first-order chi connectivity index (χ1) is 8.70. The van der Waals surface area contributed by atoms with Gasteiger partial charge < -0.3 is 20.1 Å². The normalized spacial score (nSPS) is 28.0. The van der Waals surface area contributed by atoms with Gasteiger partial charge in [-0.25, -0.2) is 9.97 Å². The molecule has 1 aliphatic heterocycles. The van der Waals surface area contributed by atoms with E-state index in [9.17, 15) is 5.11 Å². The van der Waals surface area contributed by atoms with E-state index in [-0.39, 0.29) is 18.9 Å². The van der Waals surface area contributed by atoms with Crippen molar-refractivity contribution in [1.82, 2.24) is 14.5 Å².